The molecule has 0 aromatic heterocycles. The topological polar surface area (TPSA) is 24.1 Å². The van der Waals surface area contributed by atoms with Crippen LogP contribution in [0.25, 0.3) is 0 Å². The van der Waals surface area contributed by atoms with Crippen LogP contribution in [0.2, 0.25) is 0 Å². The molecule has 0 atom stereocenters. The quantitative estimate of drug-likeness (QED) is 0.785. The van der Waals surface area contributed by atoms with Crippen molar-refractivity contribution in [2.24, 2.45) is 0 Å². The molecule has 0 heterocycles. The van der Waals surface area contributed by atoms with E-state index in [0.717, 1.165) is 19.5 Å². The van der Waals surface area contributed by atoms with Crippen LogP contribution in [0.15, 0.2) is 28.7 Å². The van der Waals surface area contributed by atoms with Crippen molar-refractivity contribution in [2.45, 2.75) is 25.8 Å². The second-order valence-electron chi connectivity index (χ2n) is 4.65. The third-order valence-corrected chi connectivity index (χ3v) is 3.55. The molecule has 0 unspecified atom stereocenters. The average molecular weight is 285 g/mol. The molecular formula is C13H21BrN2. The van der Waals surface area contributed by atoms with Gasteiger partial charge in [0.1, 0.15) is 0 Å². The lowest BCUT2D eigenvalue weighted by Crippen LogP contribution is -2.46. The van der Waals surface area contributed by atoms with Crippen molar-refractivity contribution in [1.29, 1.82) is 0 Å². The van der Waals surface area contributed by atoms with Crippen LogP contribution < -0.4 is 10.6 Å². The summed E-state index contributed by atoms with van der Waals surface area (Å²) in [7, 11) is 2.00. The van der Waals surface area contributed by atoms with Crippen LogP contribution in [0.4, 0.5) is 0 Å². The van der Waals surface area contributed by atoms with Crippen LogP contribution in [-0.4, -0.2) is 25.7 Å². The van der Waals surface area contributed by atoms with Gasteiger partial charge in [0.15, 0.2) is 0 Å². The molecule has 1 aromatic rings. The highest BCUT2D eigenvalue weighted by Gasteiger charge is 2.12. The van der Waals surface area contributed by atoms with Gasteiger partial charge in [0.2, 0.25) is 0 Å². The van der Waals surface area contributed by atoms with Crippen molar-refractivity contribution in [2.75, 3.05) is 20.1 Å². The van der Waals surface area contributed by atoms with Crippen molar-refractivity contribution in [1.82, 2.24) is 10.6 Å². The zero-order valence-corrected chi connectivity index (χ0v) is 11.9. The van der Waals surface area contributed by atoms with E-state index in [1.165, 1.54) is 10.0 Å². The summed E-state index contributed by atoms with van der Waals surface area (Å²) in [5, 5.41) is 6.75. The third-order valence-electron chi connectivity index (χ3n) is 2.77. The van der Waals surface area contributed by atoms with Gasteiger partial charge in [-0.25, -0.2) is 0 Å². The molecule has 0 aliphatic carbocycles. The Labute approximate surface area is 107 Å². The summed E-state index contributed by atoms with van der Waals surface area (Å²) >= 11 is 3.56. The van der Waals surface area contributed by atoms with Gasteiger partial charge in [-0.1, -0.05) is 34.1 Å². The Kier molecular flexibility index (Phi) is 5.46. The van der Waals surface area contributed by atoms with E-state index >= 15 is 0 Å². The van der Waals surface area contributed by atoms with Crippen LogP contribution in [-0.2, 0) is 6.42 Å². The maximum atomic E-state index is 3.56. The predicted octanol–water partition coefficient (Wildman–Crippen LogP) is 2.58. The van der Waals surface area contributed by atoms with Crippen LogP contribution in [0, 0.1) is 0 Å². The summed E-state index contributed by atoms with van der Waals surface area (Å²) in [5.41, 5.74) is 1.52. The Hall–Kier alpha value is -0.380. The highest BCUT2D eigenvalue weighted by atomic mass is 79.9. The third kappa shape index (κ3) is 4.64. The highest BCUT2D eigenvalue weighted by Crippen LogP contribution is 2.15. The van der Waals surface area contributed by atoms with E-state index in [4.69, 9.17) is 0 Å². The molecule has 0 amide bonds. The Morgan fingerprint density at radius 3 is 2.56 bits per heavy atom. The van der Waals surface area contributed by atoms with Crippen molar-refractivity contribution >= 4 is 15.9 Å². The van der Waals surface area contributed by atoms with Gasteiger partial charge in [-0.3, -0.25) is 0 Å². The van der Waals surface area contributed by atoms with E-state index in [9.17, 15) is 0 Å². The van der Waals surface area contributed by atoms with Crippen molar-refractivity contribution in [3.63, 3.8) is 0 Å². The van der Waals surface area contributed by atoms with Gasteiger partial charge in [-0.15, -0.1) is 0 Å². The zero-order chi connectivity index (χ0) is 12.0. The largest absolute Gasteiger partial charge is 0.315 e. The monoisotopic (exact) mass is 284 g/mol. The first-order chi connectivity index (χ1) is 7.55. The fraction of sp³-hybridized carbons (Fsp3) is 0.538. The molecule has 16 heavy (non-hydrogen) atoms. The molecular weight excluding hydrogens is 264 g/mol. The first kappa shape index (κ1) is 13.7. The number of rotatable bonds is 6. The van der Waals surface area contributed by atoms with Crippen LogP contribution in [0.1, 0.15) is 19.4 Å². The fourth-order valence-electron chi connectivity index (χ4n) is 1.41. The van der Waals surface area contributed by atoms with Gasteiger partial charge >= 0.3 is 0 Å². The lowest BCUT2D eigenvalue weighted by atomic mass is 10.1. The van der Waals surface area contributed by atoms with Gasteiger partial charge in [0, 0.05) is 16.6 Å². The molecule has 0 radical (unpaired) electrons. The second-order valence-corrected chi connectivity index (χ2v) is 5.51. The van der Waals surface area contributed by atoms with E-state index < -0.39 is 0 Å². The SMILES string of the molecule is CNC(C)(C)CNCCc1ccccc1Br. The van der Waals surface area contributed by atoms with Gasteiger partial charge < -0.3 is 10.6 Å². The van der Waals surface area contributed by atoms with E-state index in [1.54, 1.807) is 0 Å². The number of nitrogens with one attached hydrogen (secondary N) is 2. The van der Waals surface area contributed by atoms with E-state index in [2.05, 4.69) is 58.6 Å². The minimum atomic E-state index is 0.161. The molecule has 0 aliphatic heterocycles. The van der Waals surface area contributed by atoms with E-state index in [1.807, 2.05) is 13.1 Å². The zero-order valence-electron chi connectivity index (χ0n) is 10.3. The lowest BCUT2D eigenvalue weighted by molar-refractivity contribution is 0.395. The van der Waals surface area contributed by atoms with E-state index in [0.29, 0.717) is 0 Å². The normalized spacial score (nSPS) is 11.8. The van der Waals surface area contributed by atoms with E-state index in [-0.39, 0.29) is 5.54 Å². The Morgan fingerprint density at radius 2 is 1.94 bits per heavy atom. The lowest BCUT2D eigenvalue weighted by Gasteiger charge is -2.24. The molecule has 3 heteroatoms. The molecule has 2 N–H and O–H groups in total. The van der Waals surface area contributed by atoms with Crippen LogP contribution in [0.5, 0.6) is 0 Å². The second kappa shape index (κ2) is 6.38. The van der Waals surface area contributed by atoms with Gasteiger partial charge in [0.25, 0.3) is 0 Å². The Bertz CT molecular complexity index is 323. The predicted molar refractivity (Wildman–Crippen MR) is 73.9 cm³/mol. The molecule has 0 saturated carbocycles. The van der Waals surface area contributed by atoms with Crippen LogP contribution >= 0.6 is 15.9 Å². The highest BCUT2D eigenvalue weighted by molar-refractivity contribution is 9.10. The van der Waals surface area contributed by atoms with Crippen molar-refractivity contribution in [3.8, 4) is 0 Å². The molecule has 1 aromatic carbocycles. The fourth-order valence-corrected chi connectivity index (χ4v) is 1.90. The summed E-state index contributed by atoms with van der Waals surface area (Å²) in [6, 6.07) is 8.38. The molecule has 90 valence electrons. The van der Waals surface area contributed by atoms with Gasteiger partial charge in [-0.05, 0) is 45.5 Å². The average Bonchev–Trinajstić information content (AvgIpc) is 2.27. The summed E-state index contributed by atoms with van der Waals surface area (Å²) in [6.45, 7) is 6.37. The number of halogens is 1. The molecule has 0 spiro atoms. The van der Waals surface area contributed by atoms with Crippen LogP contribution in [0.3, 0.4) is 0 Å². The molecule has 0 bridgehead atoms. The van der Waals surface area contributed by atoms with Gasteiger partial charge in [0.05, 0.1) is 0 Å². The molecule has 1 rings (SSSR count). The maximum absolute atomic E-state index is 3.56. The molecule has 2 nitrogen and oxygen atoms in total. The summed E-state index contributed by atoms with van der Waals surface area (Å²) < 4.78 is 1.20. The standard InChI is InChI=1S/C13H21BrN2/c1-13(2,15-3)10-16-9-8-11-6-4-5-7-12(11)14/h4-7,15-16H,8-10H2,1-3H3. The number of likely N-dealkylation sites (N-methyl/N-ethyl adjacent to an activating group) is 1. The summed E-state index contributed by atoms with van der Waals surface area (Å²) in [6.07, 6.45) is 1.06. The number of hydrogen-bond acceptors (Lipinski definition) is 2. The minimum absolute atomic E-state index is 0.161. The Morgan fingerprint density at radius 1 is 1.25 bits per heavy atom. The first-order valence-electron chi connectivity index (χ1n) is 5.68. The minimum Gasteiger partial charge on any atom is -0.315 e. The first-order valence-corrected chi connectivity index (χ1v) is 6.47. The molecule has 0 fully saturated rings. The number of benzene rings is 1. The smallest absolute Gasteiger partial charge is 0.0246 e. The summed E-state index contributed by atoms with van der Waals surface area (Å²) in [4.78, 5) is 0. The number of hydrogen-bond donors (Lipinski definition) is 2. The van der Waals surface area contributed by atoms with Crippen molar-refractivity contribution in [3.05, 3.63) is 34.3 Å². The molecule has 0 aliphatic rings. The van der Waals surface area contributed by atoms with Crippen molar-refractivity contribution < 1.29 is 0 Å². The Balaban J connectivity index is 2.29. The van der Waals surface area contributed by atoms with Gasteiger partial charge in [-0.2, -0.15) is 0 Å². The maximum Gasteiger partial charge on any atom is 0.0246 e. The summed E-state index contributed by atoms with van der Waals surface area (Å²) in [5.74, 6) is 0. The molecule has 0 saturated heterocycles.